The van der Waals surface area contributed by atoms with Gasteiger partial charge in [0.2, 0.25) is 0 Å². The van der Waals surface area contributed by atoms with Gasteiger partial charge in [0, 0.05) is 23.5 Å². The molecule has 0 radical (unpaired) electrons. The fourth-order valence-corrected chi connectivity index (χ4v) is 3.90. The van der Waals surface area contributed by atoms with Crippen LogP contribution in [0, 0.1) is 6.92 Å². The number of hydrogen-bond donors (Lipinski definition) is 2. The first-order valence-electron chi connectivity index (χ1n) is 8.92. The van der Waals surface area contributed by atoms with Crippen LogP contribution in [0.3, 0.4) is 0 Å². The molecule has 0 aliphatic carbocycles. The van der Waals surface area contributed by atoms with Crippen LogP contribution in [0.5, 0.6) is 0 Å². The minimum absolute atomic E-state index is 0.183. The van der Waals surface area contributed by atoms with E-state index in [0.717, 1.165) is 48.4 Å². The molecule has 2 N–H and O–H groups in total. The lowest BCUT2D eigenvalue weighted by Gasteiger charge is -2.31. The van der Waals surface area contributed by atoms with E-state index in [1.807, 2.05) is 30.6 Å². The van der Waals surface area contributed by atoms with Crippen LogP contribution in [-0.2, 0) is 6.54 Å². The molecule has 1 aromatic heterocycles. The molecule has 1 aromatic carbocycles. The molecule has 0 bridgehead atoms. The first-order valence-corrected chi connectivity index (χ1v) is 10.2. The molecular formula is C19H28ClN5S. The highest BCUT2D eigenvalue weighted by Gasteiger charge is 2.20. The lowest BCUT2D eigenvalue weighted by atomic mass is 10.0. The zero-order valence-corrected chi connectivity index (χ0v) is 17.5. The Labute approximate surface area is 165 Å². The van der Waals surface area contributed by atoms with Crippen LogP contribution >= 0.6 is 22.9 Å². The van der Waals surface area contributed by atoms with Crippen molar-refractivity contribution in [3.63, 3.8) is 0 Å². The maximum absolute atomic E-state index is 6.47. The van der Waals surface area contributed by atoms with Crippen molar-refractivity contribution >= 4 is 28.9 Å². The van der Waals surface area contributed by atoms with Crippen LogP contribution in [0.2, 0.25) is 5.02 Å². The monoisotopic (exact) mass is 393 g/mol. The first kappa shape index (κ1) is 20.7. The number of likely N-dealkylation sites (N-methyl/N-ethyl adjacent to an activating group) is 1. The number of aliphatic imine (C=N–C) groups is 1. The number of hydrogen-bond acceptors (Lipinski definition) is 4. The molecule has 0 fully saturated rings. The number of nitrogens with one attached hydrogen (secondary N) is 2. The molecule has 2 aromatic rings. The van der Waals surface area contributed by atoms with Crippen molar-refractivity contribution in [1.29, 1.82) is 0 Å². The Morgan fingerprint density at radius 1 is 1.27 bits per heavy atom. The fourth-order valence-electron chi connectivity index (χ4n) is 2.92. The third-order valence-corrected chi connectivity index (χ3v) is 5.74. The maximum atomic E-state index is 6.47. The van der Waals surface area contributed by atoms with Crippen LogP contribution < -0.4 is 10.6 Å². The number of halogens is 1. The molecule has 0 saturated carbocycles. The van der Waals surface area contributed by atoms with E-state index in [-0.39, 0.29) is 6.04 Å². The normalized spacial score (nSPS) is 13.1. The summed E-state index contributed by atoms with van der Waals surface area (Å²) in [5.74, 6) is 0.780. The molecule has 5 nitrogen and oxygen atoms in total. The van der Waals surface area contributed by atoms with Gasteiger partial charge in [0.05, 0.1) is 23.8 Å². The molecule has 0 spiro atoms. The quantitative estimate of drug-likeness (QED) is 0.528. The molecule has 1 heterocycles. The Hall–Kier alpha value is -1.63. The minimum atomic E-state index is 0.183. The summed E-state index contributed by atoms with van der Waals surface area (Å²) in [4.78, 5) is 12.2. The highest BCUT2D eigenvalue weighted by molar-refractivity contribution is 7.09. The van der Waals surface area contributed by atoms with E-state index in [0.29, 0.717) is 0 Å². The van der Waals surface area contributed by atoms with Gasteiger partial charge in [0.25, 0.3) is 0 Å². The molecular weight excluding hydrogens is 366 g/mol. The zero-order valence-electron chi connectivity index (χ0n) is 15.9. The van der Waals surface area contributed by atoms with Gasteiger partial charge in [-0.25, -0.2) is 4.98 Å². The van der Waals surface area contributed by atoms with Gasteiger partial charge < -0.3 is 10.6 Å². The fraction of sp³-hybridized carbons (Fsp3) is 0.474. The van der Waals surface area contributed by atoms with Crippen molar-refractivity contribution < 1.29 is 0 Å². The van der Waals surface area contributed by atoms with Gasteiger partial charge in [-0.05, 0) is 31.6 Å². The number of benzene rings is 1. The van der Waals surface area contributed by atoms with Crippen LogP contribution in [0.1, 0.15) is 36.0 Å². The smallest absolute Gasteiger partial charge is 0.191 e. The number of aromatic nitrogens is 1. The van der Waals surface area contributed by atoms with E-state index in [1.54, 1.807) is 18.4 Å². The van der Waals surface area contributed by atoms with E-state index in [2.05, 4.69) is 45.4 Å². The Bertz CT molecular complexity index is 711. The maximum Gasteiger partial charge on any atom is 0.191 e. The average Bonchev–Trinajstić information content (AvgIpc) is 3.06. The average molecular weight is 394 g/mol. The summed E-state index contributed by atoms with van der Waals surface area (Å²) in [6.07, 6.45) is 0. The van der Waals surface area contributed by atoms with Crippen LogP contribution in [-0.4, -0.2) is 42.5 Å². The van der Waals surface area contributed by atoms with E-state index in [4.69, 9.17) is 11.6 Å². The summed E-state index contributed by atoms with van der Waals surface area (Å²) in [5, 5.41) is 7.62. The Kier molecular flexibility index (Phi) is 8.35. The summed E-state index contributed by atoms with van der Waals surface area (Å²) in [5.41, 5.74) is 4.07. The Morgan fingerprint density at radius 3 is 2.58 bits per heavy atom. The predicted molar refractivity (Wildman–Crippen MR) is 112 cm³/mol. The van der Waals surface area contributed by atoms with Crippen LogP contribution in [0.4, 0.5) is 0 Å². The predicted octanol–water partition coefficient (Wildman–Crippen LogP) is 3.85. The summed E-state index contributed by atoms with van der Waals surface area (Å²) >= 11 is 8.12. The van der Waals surface area contributed by atoms with Gasteiger partial charge in [-0.1, -0.05) is 43.6 Å². The minimum Gasteiger partial charge on any atom is -0.354 e. The molecule has 2 rings (SSSR count). The molecule has 0 saturated heterocycles. The largest absolute Gasteiger partial charge is 0.354 e. The lowest BCUT2D eigenvalue weighted by molar-refractivity contribution is 0.219. The van der Waals surface area contributed by atoms with Crippen molar-refractivity contribution in [3.05, 3.63) is 50.9 Å². The Balaban J connectivity index is 2.05. The SMILES string of the molecule is CCN(CC)C(CNC(=NC)NCc1scnc1C)c1ccccc1Cl. The number of guanidine groups is 1. The van der Waals surface area contributed by atoms with Gasteiger partial charge in [-0.2, -0.15) is 0 Å². The van der Waals surface area contributed by atoms with Gasteiger partial charge in [-0.3, -0.25) is 9.89 Å². The highest BCUT2D eigenvalue weighted by atomic mass is 35.5. The van der Waals surface area contributed by atoms with Crippen molar-refractivity contribution in [2.75, 3.05) is 26.7 Å². The van der Waals surface area contributed by atoms with Crippen molar-refractivity contribution in [2.24, 2.45) is 4.99 Å². The standard InChI is InChI=1S/C19H28ClN5S/c1-5-25(6-2)17(15-9-7-8-10-16(15)20)11-22-19(21-4)23-12-18-14(3)24-13-26-18/h7-10,13,17H,5-6,11-12H2,1-4H3,(H2,21,22,23). The second kappa shape index (κ2) is 10.5. The van der Waals surface area contributed by atoms with Crippen LogP contribution in [0.25, 0.3) is 0 Å². The summed E-state index contributed by atoms with van der Waals surface area (Å²) in [6.45, 7) is 9.74. The molecule has 0 amide bonds. The van der Waals surface area contributed by atoms with Crippen molar-refractivity contribution in [1.82, 2.24) is 20.5 Å². The molecule has 142 valence electrons. The van der Waals surface area contributed by atoms with E-state index in [9.17, 15) is 0 Å². The topological polar surface area (TPSA) is 52.5 Å². The number of nitrogens with zero attached hydrogens (tertiary/aromatic N) is 3. The second-order valence-corrected chi connectivity index (χ2v) is 7.27. The van der Waals surface area contributed by atoms with Gasteiger partial charge in [0.15, 0.2) is 5.96 Å². The lowest BCUT2D eigenvalue weighted by Crippen LogP contribution is -2.43. The highest BCUT2D eigenvalue weighted by Crippen LogP contribution is 2.26. The summed E-state index contributed by atoms with van der Waals surface area (Å²) < 4.78 is 0. The van der Waals surface area contributed by atoms with E-state index < -0.39 is 0 Å². The van der Waals surface area contributed by atoms with E-state index in [1.165, 1.54) is 4.88 Å². The van der Waals surface area contributed by atoms with Gasteiger partial charge >= 0.3 is 0 Å². The summed E-state index contributed by atoms with van der Waals surface area (Å²) in [6, 6.07) is 8.24. The molecule has 26 heavy (non-hydrogen) atoms. The zero-order chi connectivity index (χ0) is 18.9. The first-order chi connectivity index (χ1) is 12.6. The number of aryl methyl sites for hydroxylation is 1. The molecule has 7 heteroatoms. The van der Waals surface area contributed by atoms with Crippen LogP contribution in [0.15, 0.2) is 34.8 Å². The number of rotatable bonds is 8. The van der Waals surface area contributed by atoms with Gasteiger partial charge in [-0.15, -0.1) is 11.3 Å². The van der Waals surface area contributed by atoms with Gasteiger partial charge in [0.1, 0.15) is 0 Å². The second-order valence-electron chi connectivity index (χ2n) is 5.93. The molecule has 1 unspecified atom stereocenters. The molecule has 0 aliphatic rings. The number of thiazole rings is 1. The molecule has 1 atom stereocenters. The van der Waals surface area contributed by atoms with E-state index >= 15 is 0 Å². The van der Waals surface area contributed by atoms with Crippen molar-refractivity contribution in [3.8, 4) is 0 Å². The third kappa shape index (κ3) is 5.43. The Morgan fingerprint density at radius 2 is 2.00 bits per heavy atom. The third-order valence-electron chi connectivity index (χ3n) is 4.47. The molecule has 0 aliphatic heterocycles. The van der Waals surface area contributed by atoms with Crippen molar-refractivity contribution in [2.45, 2.75) is 33.4 Å². The summed E-state index contributed by atoms with van der Waals surface area (Å²) in [7, 11) is 1.79.